The molecule has 0 aliphatic heterocycles. The molecular weight excluding hydrogens is 160 g/mol. The van der Waals surface area contributed by atoms with E-state index in [1.165, 1.54) is 0 Å². The fraction of sp³-hybridized carbons (Fsp3) is 0.182. The van der Waals surface area contributed by atoms with Crippen molar-refractivity contribution in [1.82, 2.24) is 4.98 Å². The first-order valence-electron chi connectivity index (χ1n) is 4.15. The van der Waals surface area contributed by atoms with E-state index in [2.05, 4.69) is 17.6 Å². The predicted octanol–water partition coefficient (Wildman–Crippen LogP) is 0.848. The van der Waals surface area contributed by atoms with Gasteiger partial charge in [0.2, 0.25) is 0 Å². The van der Waals surface area contributed by atoms with Crippen molar-refractivity contribution >= 4 is 12.2 Å². The molecule has 0 unspecified atom stereocenters. The molecule has 0 bridgehead atoms. The molecule has 66 valence electrons. The Morgan fingerprint density at radius 1 is 1.69 bits per heavy atom. The van der Waals surface area contributed by atoms with Crippen molar-refractivity contribution in [3.05, 3.63) is 35.0 Å². The first-order chi connectivity index (χ1) is 6.33. The van der Waals surface area contributed by atoms with Crippen molar-refractivity contribution in [1.29, 1.82) is 5.26 Å². The Kier molecular flexibility index (Phi) is 3.10. The zero-order valence-corrected chi connectivity index (χ0v) is 7.67. The van der Waals surface area contributed by atoms with Crippen molar-refractivity contribution in [3.63, 3.8) is 0 Å². The molecule has 1 heterocycles. The summed E-state index contributed by atoms with van der Waals surface area (Å²) in [5.41, 5.74) is 1.02. The van der Waals surface area contributed by atoms with E-state index >= 15 is 0 Å². The molecular formula is C11H12N2. The quantitative estimate of drug-likeness (QED) is 0.705. The van der Waals surface area contributed by atoms with Crippen molar-refractivity contribution in [3.8, 4) is 6.07 Å². The van der Waals surface area contributed by atoms with E-state index in [4.69, 9.17) is 5.26 Å². The predicted molar refractivity (Wildman–Crippen MR) is 54.2 cm³/mol. The summed E-state index contributed by atoms with van der Waals surface area (Å²) in [5, 5.41) is 10.7. The van der Waals surface area contributed by atoms with Crippen LogP contribution in [-0.4, -0.2) is 4.98 Å². The highest BCUT2D eigenvalue weighted by molar-refractivity contribution is 5.40. The van der Waals surface area contributed by atoms with Crippen molar-refractivity contribution in [2.75, 3.05) is 0 Å². The second-order valence-corrected chi connectivity index (χ2v) is 2.67. The zero-order valence-electron chi connectivity index (χ0n) is 7.67. The van der Waals surface area contributed by atoms with Crippen molar-refractivity contribution in [2.24, 2.45) is 0 Å². The molecule has 0 aliphatic carbocycles. The molecule has 0 amide bonds. The molecule has 0 saturated heterocycles. The van der Waals surface area contributed by atoms with Crippen LogP contribution in [0.3, 0.4) is 0 Å². The molecule has 0 aliphatic rings. The van der Waals surface area contributed by atoms with Crippen LogP contribution in [0.2, 0.25) is 0 Å². The van der Waals surface area contributed by atoms with Gasteiger partial charge in [-0.1, -0.05) is 24.8 Å². The van der Waals surface area contributed by atoms with Gasteiger partial charge in [0.15, 0.2) is 0 Å². The first kappa shape index (κ1) is 9.34. The number of H-pyrrole nitrogens is 1. The lowest BCUT2D eigenvalue weighted by atomic mass is 10.2. The third-order valence-corrected chi connectivity index (χ3v) is 1.88. The van der Waals surface area contributed by atoms with E-state index in [1.54, 1.807) is 6.08 Å². The summed E-state index contributed by atoms with van der Waals surface area (Å²) in [6.45, 7) is 5.61. The number of hydrogen-bond acceptors (Lipinski definition) is 1. The first-order valence-corrected chi connectivity index (χ1v) is 4.15. The molecule has 0 atom stereocenters. The van der Waals surface area contributed by atoms with Crippen LogP contribution in [0.15, 0.2) is 18.9 Å². The average Bonchev–Trinajstić information content (AvgIpc) is 2.50. The summed E-state index contributed by atoms with van der Waals surface area (Å²) >= 11 is 0. The number of aromatic amines is 1. The van der Waals surface area contributed by atoms with E-state index in [9.17, 15) is 0 Å². The van der Waals surface area contributed by atoms with Gasteiger partial charge in [-0.2, -0.15) is 5.26 Å². The molecule has 1 rings (SSSR count). The van der Waals surface area contributed by atoms with E-state index in [0.717, 1.165) is 16.1 Å². The van der Waals surface area contributed by atoms with E-state index in [0.29, 0.717) is 6.42 Å². The van der Waals surface area contributed by atoms with Gasteiger partial charge in [0.1, 0.15) is 0 Å². The minimum absolute atomic E-state index is 0.435. The smallest absolute Gasteiger partial charge is 0.0670 e. The summed E-state index contributed by atoms with van der Waals surface area (Å²) in [6.07, 6.45) is 7.93. The minimum atomic E-state index is 0.435. The van der Waals surface area contributed by atoms with Crippen LogP contribution in [0.4, 0.5) is 0 Å². The second kappa shape index (κ2) is 4.32. The Morgan fingerprint density at radius 3 is 3.00 bits per heavy atom. The normalized spacial score (nSPS) is 12.9. The Bertz CT molecular complexity index is 443. The lowest BCUT2D eigenvalue weighted by Crippen LogP contribution is -2.24. The van der Waals surface area contributed by atoms with Gasteiger partial charge in [-0.15, -0.1) is 0 Å². The number of nitriles is 1. The number of rotatable bonds is 2. The van der Waals surface area contributed by atoms with Crippen molar-refractivity contribution < 1.29 is 0 Å². The second-order valence-electron chi connectivity index (χ2n) is 2.67. The van der Waals surface area contributed by atoms with Gasteiger partial charge in [-0.05, 0) is 12.5 Å². The van der Waals surface area contributed by atoms with Crippen LogP contribution < -0.4 is 10.6 Å². The molecule has 0 fully saturated rings. The molecule has 1 N–H and O–H groups in total. The maximum atomic E-state index is 8.58. The summed E-state index contributed by atoms with van der Waals surface area (Å²) in [7, 11) is 0. The van der Waals surface area contributed by atoms with E-state index < -0.39 is 0 Å². The monoisotopic (exact) mass is 172 g/mol. The molecule has 0 radical (unpaired) electrons. The fourth-order valence-corrected chi connectivity index (χ4v) is 1.28. The standard InChI is InChI=1S/C11H12N2/c1-3-5-10-9(6-7-12)8-13-11(10)4-2/h3-5,8,13H,1,6H2,2H3/b10-5-,11-4+. The summed E-state index contributed by atoms with van der Waals surface area (Å²) in [5.74, 6) is 0. The number of hydrogen-bond donors (Lipinski definition) is 1. The average molecular weight is 172 g/mol. The lowest BCUT2D eigenvalue weighted by molar-refractivity contribution is 1.25. The maximum Gasteiger partial charge on any atom is 0.0670 e. The van der Waals surface area contributed by atoms with Gasteiger partial charge in [-0.25, -0.2) is 0 Å². The van der Waals surface area contributed by atoms with Crippen LogP contribution in [0.5, 0.6) is 0 Å². The highest BCUT2D eigenvalue weighted by atomic mass is 14.7. The topological polar surface area (TPSA) is 39.6 Å². The number of nitrogens with one attached hydrogen (secondary N) is 1. The molecule has 0 saturated carbocycles. The third kappa shape index (κ3) is 1.88. The molecule has 1 aromatic rings. The number of aromatic nitrogens is 1. The highest BCUT2D eigenvalue weighted by Gasteiger charge is 1.96. The van der Waals surface area contributed by atoms with E-state index in [1.807, 2.05) is 25.3 Å². The fourth-order valence-electron chi connectivity index (χ4n) is 1.28. The SMILES string of the molecule is C=C/C=c1/c(CC#N)c[nH]/c1=C/C. The van der Waals surface area contributed by atoms with Gasteiger partial charge < -0.3 is 4.98 Å². The summed E-state index contributed by atoms with van der Waals surface area (Å²) < 4.78 is 0. The molecule has 13 heavy (non-hydrogen) atoms. The zero-order chi connectivity index (χ0) is 9.68. The van der Waals surface area contributed by atoms with Gasteiger partial charge in [0.05, 0.1) is 12.5 Å². The molecule has 2 nitrogen and oxygen atoms in total. The van der Waals surface area contributed by atoms with Gasteiger partial charge in [0, 0.05) is 16.8 Å². The Morgan fingerprint density at radius 2 is 2.46 bits per heavy atom. The van der Waals surface area contributed by atoms with Crippen molar-refractivity contribution in [2.45, 2.75) is 13.3 Å². The Hall–Kier alpha value is -1.75. The number of allylic oxidation sites excluding steroid dienone is 1. The maximum absolute atomic E-state index is 8.58. The Labute approximate surface area is 77.5 Å². The van der Waals surface area contributed by atoms with Gasteiger partial charge >= 0.3 is 0 Å². The molecule has 2 heteroatoms. The Balaban J connectivity index is 3.42. The van der Waals surface area contributed by atoms with Crippen LogP contribution in [0, 0.1) is 11.3 Å². The van der Waals surface area contributed by atoms with Crippen LogP contribution in [0.1, 0.15) is 12.5 Å². The summed E-state index contributed by atoms with van der Waals surface area (Å²) in [6, 6.07) is 2.13. The largest absolute Gasteiger partial charge is 0.361 e. The molecule has 1 aromatic heterocycles. The third-order valence-electron chi connectivity index (χ3n) is 1.88. The van der Waals surface area contributed by atoms with Gasteiger partial charge in [0.25, 0.3) is 0 Å². The van der Waals surface area contributed by atoms with E-state index in [-0.39, 0.29) is 0 Å². The van der Waals surface area contributed by atoms with Gasteiger partial charge in [-0.3, -0.25) is 0 Å². The number of nitrogens with zero attached hydrogens (tertiary/aromatic N) is 1. The van der Waals surface area contributed by atoms with Crippen LogP contribution >= 0.6 is 0 Å². The minimum Gasteiger partial charge on any atom is -0.361 e. The van der Waals surface area contributed by atoms with Crippen LogP contribution in [0.25, 0.3) is 12.2 Å². The van der Waals surface area contributed by atoms with Crippen LogP contribution in [-0.2, 0) is 6.42 Å². The molecule has 0 spiro atoms. The summed E-state index contributed by atoms with van der Waals surface area (Å²) in [4.78, 5) is 3.11. The highest BCUT2D eigenvalue weighted by Crippen LogP contribution is 1.86. The molecule has 0 aromatic carbocycles. The lowest BCUT2D eigenvalue weighted by Gasteiger charge is -1.84.